The summed E-state index contributed by atoms with van der Waals surface area (Å²) >= 11 is 0. The van der Waals surface area contributed by atoms with Gasteiger partial charge in [-0.3, -0.25) is 10.1 Å². The van der Waals surface area contributed by atoms with Crippen molar-refractivity contribution >= 4 is 11.4 Å². The normalized spacial score (nSPS) is 10.6. The van der Waals surface area contributed by atoms with Gasteiger partial charge in [-0.05, 0) is 26.0 Å². The molecular weight excluding hydrogens is 264 g/mol. The monoisotopic (exact) mass is 284 g/mol. The molecule has 0 heterocycles. The number of nitro groups is 1. The summed E-state index contributed by atoms with van der Waals surface area (Å²) in [7, 11) is 0. The van der Waals surface area contributed by atoms with Crippen LogP contribution in [0.4, 0.5) is 11.4 Å². The van der Waals surface area contributed by atoms with E-state index in [9.17, 15) is 10.1 Å². The van der Waals surface area contributed by atoms with E-state index in [-0.39, 0.29) is 30.8 Å². The molecule has 0 spiro atoms. The summed E-state index contributed by atoms with van der Waals surface area (Å²) in [6.45, 7) is 4.59. The smallest absolute Gasteiger partial charge is 0.333 e. The van der Waals surface area contributed by atoms with Gasteiger partial charge in [0.1, 0.15) is 5.69 Å². The third-order valence-corrected chi connectivity index (χ3v) is 2.34. The zero-order valence-electron chi connectivity index (χ0n) is 11.7. The fraction of sp³-hybridized carbons (Fsp3) is 0.538. The lowest BCUT2D eigenvalue weighted by Crippen LogP contribution is -2.13. The van der Waals surface area contributed by atoms with Crippen molar-refractivity contribution in [2.24, 2.45) is 0 Å². The highest BCUT2D eigenvalue weighted by Crippen LogP contribution is 2.35. The van der Waals surface area contributed by atoms with Crippen LogP contribution in [0.1, 0.15) is 13.8 Å². The molecule has 0 bridgehead atoms. The molecule has 0 unspecified atom stereocenters. The maximum Gasteiger partial charge on any atom is 0.333 e. The molecule has 1 rings (SSSR count). The van der Waals surface area contributed by atoms with Crippen molar-refractivity contribution in [2.45, 2.75) is 20.0 Å². The van der Waals surface area contributed by atoms with Crippen LogP contribution in [-0.2, 0) is 4.74 Å². The van der Waals surface area contributed by atoms with Crippen molar-refractivity contribution in [1.29, 1.82) is 0 Å². The summed E-state index contributed by atoms with van der Waals surface area (Å²) in [5, 5.41) is 22.7. The van der Waals surface area contributed by atoms with E-state index in [0.29, 0.717) is 18.8 Å². The molecule has 0 aliphatic carbocycles. The van der Waals surface area contributed by atoms with Crippen LogP contribution in [0.3, 0.4) is 0 Å². The lowest BCUT2D eigenvalue weighted by molar-refractivity contribution is -0.385. The van der Waals surface area contributed by atoms with Gasteiger partial charge in [-0.25, -0.2) is 0 Å². The van der Waals surface area contributed by atoms with Gasteiger partial charge in [0, 0.05) is 6.54 Å². The molecule has 1 aromatic rings. The molecule has 0 radical (unpaired) electrons. The predicted octanol–water partition coefficient (Wildman–Crippen LogP) is 1.80. The molecule has 7 nitrogen and oxygen atoms in total. The molecule has 1 aromatic carbocycles. The van der Waals surface area contributed by atoms with E-state index >= 15 is 0 Å². The van der Waals surface area contributed by atoms with Gasteiger partial charge in [0.15, 0.2) is 5.75 Å². The number of nitrogens with zero attached hydrogens (tertiary/aromatic N) is 1. The molecular formula is C13H20N2O5. The number of aliphatic hydroxyl groups is 1. The number of hydrogen-bond acceptors (Lipinski definition) is 6. The molecule has 0 saturated heterocycles. The minimum atomic E-state index is -0.464. The summed E-state index contributed by atoms with van der Waals surface area (Å²) in [6, 6.07) is 4.89. The first-order valence-electron chi connectivity index (χ1n) is 6.42. The van der Waals surface area contributed by atoms with Gasteiger partial charge in [-0.15, -0.1) is 0 Å². The summed E-state index contributed by atoms with van der Waals surface area (Å²) < 4.78 is 10.5. The zero-order valence-corrected chi connectivity index (χ0v) is 11.7. The first-order valence-corrected chi connectivity index (χ1v) is 6.42. The molecule has 2 N–H and O–H groups in total. The van der Waals surface area contributed by atoms with E-state index in [1.807, 2.05) is 13.8 Å². The number of para-hydroxylation sites is 1. The molecule has 0 aliphatic rings. The van der Waals surface area contributed by atoms with E-state index in [0.717, 1.165) is 0 Å². The van der Waals surface area contributed by atoms with Crippen LogP contribution < -0.4 is 10.1 Å². The van der Waals surface area contributed by atoms with Crippen LogP contribution in [-0.4, -0.2) is 42.5 Å². The van der Waals surface area contributed by atoms with E-state index < -0.39 is 4.92 Å². The number of nitrogens with one attached hydrogen (secondary N) is 1. The van der Waals surface area contributed by atoms with E-state index in [4.69, 9.17) is 14.6 Å². The number of ether oxygens (including phenoxy) is 2. The van der Waals surface area contributed by atoms with Gasteiger partial charge in [-0.1, -0.05) is 6.07 Å². The summed E-state index contributed by atoms with van der Waals surface area (Å²) in [6.07, 6.45) is -0.142. The molecule has 112 valence electrons. The van der Waals surface area contributed by atoms with Crippen LogP contribution in [0.25, 0.3) is 0 Å². The Hall–Kier alpha value is -1.86. The van der Waals surface area contributed by atoms with Gasteiger partial charge in [0.25, 0.3) is 0 Å². The van der Waals surface area contributed by atoms with E-state index in [2.05, 4.69) is 5.32 Å². The number of benzene rings is 1. The topological polar surface area (TPSA) is 93.9 Å². The molecule has 20 heavy (non-hydrogen) atoms. The number of nitro benzene ring substituents is 1. The number of rotatable bonds is 9. The SMILES string of the molecule is CC(C)Oc1cccc(NCCOCCO)c1[N+](=O)[O-]. The summed E-state index contributed by atoms with van der Waals surface area (Å²) in [4.78, 5) is 10.7. The zero-order chi connectivity index (χ0) is 15.0. The van der Waals surface area contributed by atoms with E-state index in [1.165, 1.54) is 0 Å². The largest absolute Gasteiger partial charge is 0.484 e. The molecule has 0 amide bonds. The van der Waals surface area contributed by atoms with Crippen molar-refractivity contribution in [2.75, 3.05) is 31.7 Å². The van der Waals surface area contributed by atoms with Crippen molar-refractivity contribution < 1.29 is 19.5 Å². The van der Waals surface area contributed by atoms with Gasteiger partial charge in [0.05, 0.1) is 30.8 Å². The third kappa shape index (κ3) is 5.02. The maximum atomic E-state index is 11.2. The Balaban J connectivity index is 2.76. The predicted molar refractivity (Wildman–Crippen MR) is 75.3 cm³/mol. The Labute approximate surface area is 117 Å². The maximum absolute atomic E-state index is 11.2. The van der Waals surface area contributed by atoms with Crippen molar-refractivity contribution in [3.63, 3.8) is 0 Å². The van der Waals surface area contributed by atoms with Crippen LogP contribution in [0.5, 0.6) is 5.75 Å². The van der Waals surface area contributed by atoms with Crippen LogP contribution in [0, 0.1) is 10.1 Å². The Morgan fingerprint density at radius 2 is 2.15 bits per heavy atom. The standard InChI is InChI=1S/C13H20N2O5/c1-10(2)20-12-5-3-4-11(13(12)15(17)18)14-6-8-19-9-7-16/h3-5,10,14,16H,6-9H2,1-2H3. The highest BCUT2D eigenvalue weighted by molar-refractivity contribution is 5.68. The Kier molecular flexibility index (Phi) is 6.75. The fourth-order valence-corrected chi connectivity index (χ4v) is 1.63. The minimum Gasteiger partial charge on any atom is -0.484 e. The Bertz CT molecular complexity index is 437. The Morgan fingerprint density at radius 1 is 1.40 bits per heavy atom. The number of aliphatic hydroxyl groups excluding tert-OH is 1. The number of hydrogen-bond donors (Lipinski definition) is 2. The first-order chi connectivity index (χ1) is 9.56. The minimum absolute atomic E-state index is 0.0438. The third-order valence-electron chi connectivity index (χ3n) is 2.34. The molecule has 7 heteroatoms. The summed E-state index contributed by atoms with van der Waals surface area (Å²) in [5.74, 6) is 0.242. The van der Waals surface area contributed by atoms with Gasteiger partial charge in [-0.2, -0.15) is 0 Å². The van der Waals surface area contributed by atoms with E-state index in [1.54, 1.807) is 18.2 Å². The summed E-state index contributed by atoms with van der Waals surface area (Å²) in [5.41, 5.74) is 0.309. The van der Waals surface area contributed by atoms with Gasteiger partial charge < -0.3 is 19.9 Å². The first kappa shape index (κ1) is 16.2. The average molecular weight is 284 g/mol. The van der Waals surface area contributed by atoms with Crippen LogP contribution >= 0.6 is 0 Å². The van der Waals surface area contributed by atoms with Crippen molar-refractivity contribution in [3.05, 3.63) is 28.3 Å². The second kappa shape index (κ2) is 8.34. The van der Waals surface area contributed by atoms with Crippen molar-refractivity contribution in [3.8, 4) is 5.75 Å². The second-order valence-electron chi connectivity index (χ2n) is 4.34. The van der Waals surface area contributed by atoms with Gasteiger partial charge in [0.2, 0.25) is 0 Å². The lowest BCUT2D eigenvalue weighted by atomic mass is 10.2. The van der Waals surface area contributed by atoms with Crippen LogP contribution in [0.15, 0.2) is 18.2 Å². The second-order valence-corrected chi connectivity index (χ2v) is 4.34. The molecule has 0 aromatic heterocycles. The lowest BCUT2D eigenvalue weighted by Gasteiger charge is -2.13. The van der Waals surface area contributed by atoms with Crippen LogP contribution in [0.2, 0.25) is 0 Å². The van der Waals surface area contributed by atoms with Gasteiger partial charge >= 0.3 is 5.69 Å². The molecule has 0 fully saturated rings. The molecule has 0 saturated carbocycles. The molecule has 0 atom stereocenters. The fourth-order valence-electron chi connectivity index (χ4n) is 1.63. The quantitative estimate of drug-likeness (QED) is 0.408. The van der Waals surface area contributed by atoms with Crippen molar-refractivity contribution in [1.82, 2.24) is 0 Å². The highest BCUT2D eigenvalue weighted by atomic mass is 16.6. The number of anilines is 1. The molecule has 0 aliphatic heterocycles. The highest BCUT2D eigenvalue weighted by Gasteiger charge is 2.21. The average Bonchev–Trinajstić information content (AvgIpc) is 2.37. The Morgan fingerprint density at radius 3 is 2.75 bits per heavy atom.